The van der Waals surface area contributed by atoms with E-state index in [1.54, 1.807) is 4.52 Å². The van der Waals surface area contributed by atoms with Gasteiger partial charge in [-0.25, -0.2) is 9.50 Å². The van der Waals surface area contributed by atoms with Crippen LogP contribution in [0.25, 0.3) is 5.65 Å². The first-order valence-electron chi connectivity index (χ1n) is 5.47. The molecule has 2 heterocycles. The van der Waals surface area contributed by atoms with E-state index in [1.165, 1.54) is 0 Å². The summed E-state index contributed by atoms with van der Waals surface area (Å²) in [5.74, 6) is 0.850. The number of halogens is 1. The number of fused-ring (bicyclic) bond motifs is 1. The van der Waals surface area contributed by atoms with E-state index in [2.05, 4.69) is 30.9 Å². The van der Waals surface area contributed by atoms with Gasteiger partial charge in [0.2, 0.25) is 0 Å². The van der Waals surface area contributed by atoms with Gasteiger partial charge in [-0.05, 0) is 31.0 Å². The molecule has 0 N–H and O–H groups in total. The van der Waals surface area contributed by atoms with Crippen LogP contribution in [0.2, 0.25) is 5.15 Å². The zero-order valence-corrected chi connectivity index (χ0v) is 10.8. The number of hydrogen-bond acceptors (Lipinski definition) is 2. The van der Waals surface area contributed by atoms with Gasteiger partial charge in [0.25, 0.3) is 0 Å². The summed E-state index contributed by atoms with van der Waals surface area (Å²) < 4.78 is 1.70. The number of rotatable bonds is 2. The second-order valence-electron chi connectivity index (χ2n) is 4.80. The fraction of sp³-hybridized carbons (Fsp3) is 0.500. The monoisotopic (exact) mass is 237 g/mol. The van der Waals surface area contributed by atoms with Gasteiger partial charge in [0.1, 0.15) is 5.15 Å². The van der Waals surface area contributed by atoms with Crippen LogP contribution >= 0.6 is 11.6 Å². The first-order chi connectivity index (χ1) is 7.44. The molecule has 0 saturated carbocycles. The molecular formula is C12H16ClN3. The highest BCUT2D eigenvalue weighted by molar-refractivity contribution is 6.29. The molecule has 0 atom stereocenters. The van der Waals surface area contributed by atoms with Crippen LogP contribution in [0.1, 0.15) is 38.6 Å². The molecular weight excluding hydrogens is 222 g/mol. The molecule has 0 aliphatic rings. The summed E-state index contributed by atoms with van der Waals surface area (Å²) in [4.78, 5) is 4.54. The summed E-state index contributed by atoms with van der Waals surface area (Å²) in [5.41, 5.74) is 1.91. The highest BCUT2D eigenvalue weighted by Gasteiger charge is 2.23. The van der Waals surface area contributed by atoms with Crippen molar-refractivity contribution in [3.8, 4) is 0 Å². The Labute approximate surface area is 100 Å². The van der Waals surface area contributed by atoms with E-state index in [4.69, 9.17) is 11.6 Å². The number of pyridine rings is 1. The predicted octanol–water partition coefficient (Wildman–Crippen LogP) is 3.38. The van der Waals surface area contributed by atoms with Crippen molar-refractivity contribution in [3.05, 3.63) is 28.7 Å². The Morgan fingerprint density at radius 1 is 1.38 bits per heavy atom. The molecule has 2 aromatic heterocycles. The van der Waals surface area contributed by atoms with Crippen molar-refractivity contribution in [2.24, 2.45) is 0 Å². The molecule has 0 bridgehead atoms. The highest BCUT2D eigenvalue weighted by Crippen LogP contribution is 2.25. The smallest absolute Gasteiger partial charge is 0.157 e. The van der Waals surface area contributed by atoms with E-state index >= 15 is 0 Å². The molecule has 0 fully saturated rings. The summed E-state index contributed by atoms with van der Waals surface area (Å²) in [6.07, 6.45) is 1.00. The lowest BCUT2D eigenvalue weighted by molar-refractivity contribution is 0.473. The van der Waals surface area contributed by atoms with E-state index in [0.29, 0.717) is 5.15 Å². The third-order valence-corrected chi connectivity index (χ3v) is 3.30. The summed E-state index contributed by atoms with van der Waals surface area (Å²) in [6.45, 7) is 8.43. The molecule has 0 saturated heterocycles. The lowest BCUT2D eigenvalue weighted by Crippen LogP contribution is -2.17. The molecule has 0 unspecified atom stereocenters. The van der Waals surface area contributed by atoms with E-state index in [-0.39, 0.29) is 5.41 Å². The topological polar surface area (TPSA) is 30.2 Å². The van der Waals surface area contributed by atoms with E-state index in [0.717, 1.165) is 23.5 Å². The Kier molecular flexibility index (Phi) is 2.66. The van der Waals surface area contributed by atoms with E-state index < -0.39 is 0 Å². The Hall–Kier alpha value is -1.09. The van der Waals surface area contributed by atoms with Crippen molar-refractivity contribution < 1.29 is 0 Å². The number of nitrogens with zero attached hydrogens (tertiary/aromatic N) is 3. The van der Waals surface area contributed by atoms with E-state index in [1.807, 2.05) is 19.1 Å². The van der Waals surface area contributed by atoms with Crippen LogP contribution in [-0.4, -0.2) is 14.6 Å². The fourth-order valence-corrected chi connectivity index (χ4v) is 1.81. The van der Waals surface area contributed by atoms with Crippen LogP contribution in [0.15, 0.2) is 12.1 Å². The van der Waals surface area contributed by atoms with Gasteiger partial charge >= 0.3 is 0 Å². The van der Waals surface area contributed by atoms with E-state index in [9.17, 15) is 0 Å². The zero-order valence-electron chi connectivity index (χ0n) is 10.1. The minimum absolute atomic E-state index is 0.0107. The van der Waals surface area contributed by atoms with Crippen molar-refractivity contribution in [3.63, 3.8) is 0 Å². The third kappa shape index (κ3) is 1.80. The molecule has 2 rings (SSSR count). The second kappa shape index (κ2) is 3.74. The third-order valence-electron chi connectivity index (χ3n) is 3.03. The standard InChI is InChI=1S/C12H16ClN3/c1-5-12(3,4)11-14-10-7-8(2)6-9(13)16(10)15-11/h6-7H,5H2,1-4H3. The molecule has 2 aromatic rings. The number of hydrogen-bond donors (Lipinski definition) is 0. The summed E-state index contributed by atoms with van der Waals surface area (Å²) >= 11 is 6.13. The van der Waals surface area contributed by atoms with Gasteiger partial charge in [-0.1, -0.05) is 32.4 Å². The maximum atomic E-state index is 6.13. The Bertz CT molecular complexity index is 528. The maximum absolute atomic E-state index is 6.13. The zero-order chi connectivity index (χ0) is 11.9. The SMILES string of the molecule is CCC(C)(C)c1nc2cc(C)cc(Cl)n2n1. The molecule has 0 aliphatic heterocycles. The average molecular weight is 238 g/mol. The molecule has 0 amide bonds. The summed E-state index contributed by atoms with van der Waals surface area (Å²) in [7, 11) is 0. The molecule has 0 spiro atoms. The van der Waals surface area contributed by atoms with Gasteiger partial charge < -0.3 is 0 Å². The van der Waals surface area contributed by atoms with Gasteiger partial charge in [-0.15, -0.1) is 5.10 Å². The van der Waals surface area contributed by atoms with Crippen LogP contribution in [0.4, 0.5) is 0 Å². The van der Waals surface area contributed by atoms with Crippen LogP contribution in [0.5, 0.6) is 0 Å². The Balaban J connectivity index is 2.65. The summed E-state index contributed by atoms with van der Waals surface area (Å²) in [6, 6.07) is 3.89. The normalized spacial score (nSPS) is 12.3. The van der Waals surface area contributed by atoms with Crippen molar-refractivity contribution in [1.29, 1.82) is 0 Å². The van der Waals surface area contributed by atoms with Crippen molar-refractivity contribution in [2.75, 3.05) is 0 Å². The lowest BCUT2D eigenvalue weighted by atomic mass is 9.90. The Morgan fingerprint density at radius 3 is 2.69 bits per heavy atom. The van der Waals surface area contributed by atoms with Crippen molar-refractivity contribution in [1.82, 2.24) is 14.6 Å². The first kappa shape index (κ1) is 11.4. The molecule has 16 heavy (non-hydrogen) atoms. The van der Waals surface area contributed by atoms with Crippen molar-refractivity contribution >= 4 is 17.2 Å². The van der Waals surface area contributed by atoms with Crippen LogP contribution in [0.3, 0.4) is 0 Å². The minimum atomic E-state index is -0.0107. The summed E-state index contributed by atoms with van der Waals surface area (Å²) in [5, 5.41) is 5.08. The Morgan fingerprint density at radius 2 is 2.06 bits per heavy atom. The van der Waals surface area contributed by atoms with Gasteiger partial charge in [-0.2, -0.15) is 0 Å². The van der Waals surface area contributed by atoms with Gasteiger partial charge in [0.15, 0.2) is 11.5 Å². The lowest BCUT2D eigenvalue weighted by Gasteiger charge is -2.17. The van der Waals surface area contributed by atoms with Crippen molar-refractivity contribution in [2.45, 2.75) is 39.5 Å². The molecule has 4 heteroatoms. The predicted molar refractivity (Wildman–Crippen MR) is 66.1 cm³/mol. The van der Waals surface area contributed by atoms with Crippen LogP contribution in [-0.2, 0) is 5.41 Å². The highest BCUT2D eigenvalue weighted by atomic mass is 35.5. The quantitative estimate of drug-likeness (QED) is 0.750. The number of aryl methyl sites for hydroxylation is 1. The van der Waals surface area contributed by atoms with Gasteiger partial charge in [0.05, 0.1) is 0 Å². The number of aromatic nitrogens is 3. The van der Waals surface area contributed by atoms with Gasteiger partial charge in [-0.3, -0.25) is 0 Å². The largest absolute Gasteiger partial charge is 0.211 e. The first-order valence-corrected chi connectivity index (χ1v) is 5.85. The molecule has 3 nitrogen and oxygen atoms in total. The van der Waals surface area contributed by atoms with Crippen LogP contribution < -0.4 is 0 Å². The van der Waals surface area contributed by atoms with Gasteiger partial charge in [0, 0.05) is 5.41 Å². The molecule has 0 aliphatic carbocycles. The second-order valence-corrected chi connectivity index (χ2v) is 5.19. The minimum Gasteiger partial charge on any atom is -0.211 e. The fourth-order valence-electron chi connectivity index (χ4n) is 1.51. The molecule has 86 valence electrons. The molecule has 0 aromatic carbocycles. The maximum Gasteiger partial charge on any atom is 0.157 e. The molecule has 0 radical (unpaired) electrons. The average Bonchev–Trinajstić information content (AvgIpc) is 2.62. The van der Waals surface area contributed by atoms with Crippen LogP contribution in [0, 0.1) is 6.92 Å².